The van der Waals surface area contributed by atoms with Gasteiger partial charge in [-0.25, -0.2) is 4.79 Å². The van der Waals surface area contributed by atoms with Gasteiger partial charge in [0.05, 0.1) is 0 Å². The van der Waals surface area contributed by atoms with E-state index in [0.29, 0.717) is 6.61 Å². The van der Waals surface area contributed by atoms with Crippen LogP contribution in [0.25, 0.3) is 0 Å². The van der Waals surface area contributed by atoms with E-state index < -0.39 is 0 Å². The van der Waals surface area contributed by atoms with Crippen LogP contribution in [0, 0.1) is 0 Å². The highest BCUT2D eigenvalue weighted by Gasteiger charge is 2.42. The predicted molar refractivity (Wildman–Crippen MR) is 95.2 cm³/mol. The number of carbonyl (C=O) groups excluding carboxylic acids is 1. The first-order valence-corrected chi connectivity index (χ1v) is 8.87. The van der Waals surface area contributed by atoms with Crippen molar-refractivity contribution in [2.75, 3.05) is 31.6 Å². The molecule has 0 saturated carbocycles. The first-order chi connectivity index (χ1) is 11.8. The van der Waals surface area contributed by atoms with E-state index >= 15 is 0 Å². The summed E-state index contributed by atoms with van der Waals surface area (Å²) in [6.07, 6.45) is 10.1. The Morgan fingerprint density at radius 2 is 2.08 bits per heavy atom. The molecule has 1 spiro atoms. The van der Waals surface area contributed by atoms with Crippen LogP contribution in [-0.2, 0) is 10.2 Å². The Balaban J connectivity index is 1.34. The second kappa shape index (κ2) is 6.34. The number of rotatable bonds is 2. The molecule has 1 amide bonds. The van der Waals surface area contributed by atoms with E-state index in [0.717, 1.165) is 45.3 Å². The van der Waals surface area contributed by atoms with E-state index in [9.17, 15) is 4.79 Å². The topological polar surface area (TPSA) is 41.6 Å². The zero-order valence-corrected chi connectivity index (χ0v) is 14.0. The molecule has 1 aromatic carbocycles. The van der Waals surface area contributed by atoms with Gasteiger partial charge in [0.15, 0.2) is 0 Å². The van der Waals surface area contributed by atoms with Crippen LogP contribution in [0.1, 0.15) is 31.2 Å². The Hall–Kier alpha value is -2.23. The Morgan fingerprint density at radius 3 is 2.88 bits per heavy atom. The lowest BCUT2D eigenvalue weighted by Crippen LogP contribution is -2.46. The first kappa shape index (κ1) is 15.3. The fourth-order valence-electron chi connectivity index (χ4n) is 4.04. The summed E-state index contributed by atoms with van der Waals surface area (Å²) in [6.45, 7) is 2.95. The highest BCUT2D eigenvalue weighted by atomic mass is 16.6. The van der Waals surface area contributed by atoms with Gasteiger partial charge in [-0.15, -0.1) is 0 Å². The van der Waals surface area contributed by atoms with Gasteiger partial charge in [0.1, 0.15) is 6.61 Å². The molecule has 0 bridgehead atoms. The Bertz CT molecular complexity index is 685. The van der Waals surface area contributed by atoms with Crippen LogP contribution < -0.4 is 5.32 Å². The van der Waals surface area contributed by atoms with E-state index in [4.69, 9.17) is 4.74 Å². The van der Waals surface area contributed by atoms with Gasteiger partial charge in [-0.1, -0.05) is 36.4 Å². The number of hydrogen-bond donors (Lipinski definition) is 1. The molecule has 2 heterocycles. The van der Waals surface area contributed by atoms with Crippen molar-refractivity contribution in [1.82, 2.24) is 4.90 Å². The third kappa shape index (κ3) is 2.81. The molecule has 4 nitrogen and oxygen atoms in total. The molecule has 0 atom stereocenters. The number of fused-ring (bicyclic) bond motifs is 2. The average molecular weight is 324 g/mol. The molecule has 1 fully saturated rings. The van der Waals surface area contributed by atoms with Gasteiger partial charge in [0.25, 0.3) is 0 Å². The number of hydrogen-bond acceptors (Lipinski definition) is 3. The second-order valence-electron chi connectivity index (χ2n) is 7.01. The summed E-state index contributed by atoms with van der Waals surface area (Å²) in [7, 11) is 0. The van der Waals surface area contributed by atoms with Gasteiger partial charge >= 0.3 is 6.09 Å². The van der Waals surface area contributed by atoms with Crippen molar-refractivity contribution >= 4 is 11.8 Å². The zero-order chi connectivity index (χ0) is 16.4. The van der Waals surface area contributed by atoms with Gasteiger partial charge in [-0.05, 0) is 42.9 Å². The third-order valence-corrected chi connectivity index (χ3v) is 5.58. The minimum atomic E-state index is -0.167. The van der Waals surface area contributed by atoms with Crippen molar-refractivity contribution in [3.63, 3.8) is 0 Å². The molecule has 126 valence electrons. The maximum Gasteiger partial charge on any atom is 0.410 e. The van der Waals surface area contributed by atoms with Crippen LogP contribution >= 0.6 is 0 Å². The number of nitrogens with zero attached hydrogens (tertiary/aromatic N) is 1. The molecule has 4 heteroatoms. The molecule has 1 aromatic rings. The summed E-state index contributed by atoms with van der Waals surface area (Å²) in [6, 6.07) is 8.57. The maximum absolute atomic E-state index is 12.3. The number of carbonyl (C=O) groups is 1. The normalized spacial score (nSPS) is 21.2. The average Bonchev–Trinajstić information content (AvgIpc) is 3.00. The Labute approximate surface area is 143 Å². The van der Waals surface area contributed by atoms with Crippen molar-refractivity contribution in [2.45, 2.75) is 31.1 Å². The largest absolute Gasteiger partial charge is 0.445 e. The fraction of sp³-hybridized carbons (Fsp3) is 0.450. The van der Waals surface area contributed by atoms with E-state index in [1.54, 1.807) is 0 Å². The van der Waals surface area contributed by atoms with Gasteiger partial charge in [-0.3, -0.25) is 0 Å². The van der Waals surface area contributed by atoms with Gasteiger partial charge in [-0.2, -0.15) is 0 Å². The van der Waals surface area contributed by atoms with Gasteiger partial charge < -0.3 is 15.0 Å². The molecular formula is C20H24N2O2. The molecule has 2 aliphatic heterocycles. The molecule has 1 aliphatic carbocycles. The van der Waals surface area contributed by atoms with Crippen LogP contribution in [-0.4, -0.2) is 37.2 Å². The van der Waals surface area contributed by atoms with Crippen molar-refractivity contribution in [3.05, 3.63) is 53.6 Å². The standard InChI is InChI=1S/C20H24N2O2/c23-19(24-14-16-6-2-1-3-7-16)22-12-10-20(11-13-22)15-21-18-9-5-4-8-17(18)20/h1-2,4-6,8-9,21H,3,7,10-15H2. The van der Waals surface area contributed by atoms with Crippen LogP contribution in [0.2, 0.25) is 0 Å². The first-order valence-electron chi connectivity index (χ1n) is 8.87. The molecule has 0 aromatic heterocycles. The number of anilines is 1. The van der Waals surface area contributed by atoms with Crippen molar-refractivity contribution < 1.29 is 9.53 Å². The number of likely N-dealkylation sites (tertiary alicyclic amines) is 1. The Kier molecular flexibility index (Phi) is 4.05. The molecule has 24 heavy (non-hydrogen) atoms. The SMILES string of the molecule is O=C(OCC1=CC=CCC1)N1CCC2(CC1)CNc1ccccc12. The quantitative estimate of drug-likeness (QED) is 0.898. The predicted octanol–water partition coefficient (Wildman–Crippen LogP) is 3.86. The number of amides is 1. The summed E-state index contributed by atoms with van der Waals surface area (Å²) in [5.74, 6) is 0. The number of allylic oxidation sites excluding steroid dienone is 3. The number of nitrogens with one attached hydrogen (secondary N) is 1. The van der Waals surface area contributed by atoms with Crippen LogP contribution in [0.4, 0.5) is 10.5 Å². The van der Waals surface area contributed by atoms with E-state index in [1.807, 2.05) is 11.0 Å². The minimum Gasteiger partial charge on any atom is -0.445 e. The minimum absolute atomic E-state index is 0.167. The van der Waals surface area contributed by atoms with E-state index in [2.05, 4.69) is 41.7 Å². The number of benzene rings is 1. The molecule has 4 rings (SSSR count). The molecule has 3 aliphatic rings. The third-order valence-electron chi connectivity index (χ3n) is 5.58. The summed E-state index contributed by atoms with van der Waals surface area (Å²) in [4.78, 5) is 14.2. The van der Waals surface area contributed by atoms with Crippen LogP contribution in [0.3, 0.4) is 0 Å². The highest BCUT2D eigenvalue weighted by Crippen LogP contribution is 2.43. The van der Waals surface area contributed by atoms with Gasteiger partial charge in [0, 0.05) is 30.7 Å². The lowest BCUT2D eigenvalue weighted by molar-refractivity contribution is 0.0905. The molecule has 0 unspecified atom stereocenters. The van der Waals surface area contributed by atoms with Crippen molar-refractivity contribution in [2.24, 2.45) is 0 Å². The zero-order valence-electron chi connectivity index (χ0n) is 14.0. The van der Waals surface area contributed by atoms with Crippen LogP contribution in [0.15, 0.2) is 48.1 Å². The lowest BCUT2D eigenvalue weighted by atomic mass is 9.74. The molecule has 0 radical (unpaired) electrons. The molecule has 1 saturated heterocycles. The van der Waals surface area contributed by atoms with Crippen molar-refractivity contribution in [1.29, 1.82) is 0 Å². The van der Waals surface area contributed by atoms with E-state index in [-0.39, 0.29) is 11.5 Å². The highest BCUT2D eigenvalue weighted by molar-refractivity contribution is 5.68. The molecular weight excluding hydrogens is 300 g/mol. The lowest BCUT2D eigenvalue weighted by Gasteiger charge is -2.38. The maximum atomic E-state index is 12.3. The van der Waals surface area contributed by atoms with Crippen LogP contribution in [0.5, 0.6) is 0 Å². The Morgan fingerprint density at radius 1 is 1.25 bits per heavy atom. The summed E-state index contributed by atoms with van der Waals surface area (Å²) in [5, 5.41) is 3.52. The summed E-state index contributed by atoms with van der Waals surface area (Å²) >= 11 is 0. The van der Waals surface area contributed by atoms with Crippen molar-refractivity contribution in [3.8, 4) is 0 Å². The second-order valence-corrected chi connectivity index (χ2v) is 7.01. The smallest absolute Gasteiger partial charge is 0.410 e. The number of para-hydroxylation sites is 1. The fourth-order valence-corrected chi connectivity index (χ4v) is 4.04. The summed E-state index contributed by atoms with van der Waals surface area (Å²) < 4.78 is 5.51. The molecule has 1 N–H and O–H groups in total. The van der Waals surface area contributed by atoms with Gasteiger partial charge in [0.2, 0.25) is 0 Å². The monoisotopic (exact) mass is 324 g/mol. The number of ether oxygens (including phenoxy) is 1. The number of piperidine rings is 1. The van der Waals surface area contributed by atoms with E-state index in [1.165, 1.54) is 16.8 Å². The summed E-state index contributed by atoms with van der Waals surface area (Å²) in [5.41, 5.74) is 4.06.